The molecule has 0 atom stereocenters. The number of carbonyl (C=O) groups is 1. The fraction of sp³-hybridized carbons (Fsp3) is 0.267. The number of piperazine rings is 1. The summed E-state index contributed by atoms with van der Waals surface area (Å²) >= 11 is 3.31. The van der Waals surface area contributed by atoms with E-state index in [1.165, 1.54) is 4.68 Å². The summed E-state index contributed by atoms with van der Waals surface area (Å²) < 4.78 is 2.03. The summed E-state index contributed by atoms with van der Waals surface area (Å²) in [5, 5.41) is 6.25. The van der Waals surface area contributed by atoms with Gasteiger partial charge in [-0.2, -0.15) is 0 Å². The molecule has 1 aliphatic rings. The van der Waals surface area contributed by atoms with Gasteiger partial charge in [0.15, 0.2) is 11.3 Å². The van der Waals surface area contributed by atoms with Crippen LogP contribution in [0.3, 0.4) is 0 Å². The van der Waals surface area contributed by atoms with Crippen LogP contribution in [0.15, 0.2) is 40.1 Å². The summed E-state index contributed by atoms with van der Waals surface area (Å²) in [5.74, 6) is 6.56. The molecule has 4 N–H and O–H groups in total. The maximum atomic E-state index is 11.9. The number of hydrogen-bond donors (Lipinski definition) is 3. The van der Waals surface area contributed by atoms with Crippen LogP contribution in [-0.4, -0.2) is 42.2 Å². The topological polar surface area (TPSA) is 101 Å². The van der Waals surface area contributed by atoms with E-state index in [1.807, 2.05) is 24.3 Å². The summed E-state index contributed by atoms with van der Waals surface area (Å²) in [7, 11) is 1.65. The minimum Gasteiger partial charge on any atom is -0.337 e. The standard InChI is InChI=1S/C15H18BrN7O/c1-18-15-14(20-8-12(16)23(15)17)21-10-2-4-11(5-3-10)22-7-6-19-9-13(22)24/h2-5,8,19H,6-7,9,17H2,1H3,(H,20,21). The van der Waals surface area contributed by atoms with E-state index < -0.39 is 0 Å². The molecule has 1 amide bonds. The molecule has 2 heterocycles. The van der Waals surface area contributed by atoms with Crippen molar-refractivity contribution >= 4 is 39.0 Å². The molecule has 0 radical (unpaired) electrons. The van der Waals surface area contributed by atoms with Gasteiger partial charge in [-0.3, -0.25) is 9.79 Å². The van der Waals surface area contributed by atoms with Gasteiger partial charge < -0.3 is 21.4 Å². The largest absolute Gasteiger partial charge is 0.337 e. The van der Waals surface area contributed by atoms with Crippen LogP contribution in [0.2, 0.25) is 0 Å². The highest BCUT2D eigenvalue weighted by Crippen LogP contribution is 2.20. The Kier molecular flexibility index (Phi) is 4.81. The van der Waals surface area contributed by atoms with Crippen LogP contribution in [-0.2, 0) is 4.79 Å². The predicted octanol–water partition coefficient (Wildman–Crippen LogP) is 0.570. The van der Waals surface area contributed by atoms with Crippen molar-refractivity contribution in [3.63, 3.8) is 0 Å². The third-order valence-electron chi connectivity index (χ3n) is 3.71. The van der Waals surface area contributed by atoms with Gasteiger partial charge in [-0.1, -0.05) is 0 Å². The highest BCUT2D eigenvalue weighted by Gasteiger charge is 2.18. The van der Waals surface area contributed by atoms with E-state index in [0.717, 1.165) is 17.9 Å². The Morgan fingerprint density at radius 1 is 1.38 bits per heavy atom. The summed E-state index contributed by atoms with van der Waals surface area (Å²) in [4.78, 5) is 22.2. The number of hydrogen-bond acceptors (Lipinski definition) is 6. The van der Waals surface area contributed by atoms with Gasteiger partial charge in [0.05, 0.1) is 12.7 Å². The molecule has 24 heavy (non-hydrogen) atoms. The van der Waals surface area contributed by atoms with Crippen molar-refractivity contribution in [2.75, 3.05) is 42.7 Å². The number of nitrogens with one attached hydrogen (secondary N) is 2. The van der Waals surface area contributed by atoms with Crippen molar-refractivity contribution in [3.8, 4) is 0 Å². The van der Waals surface area contributed by atoms with Crippen molar-refractivity contribution in [3.05, 3.63) is 40.6 Å². The second-order valence-corrected chi connectivity index (χ2v) is 6.05. The molecule has 0 spiro atoms. The van der Waals surface area contributed by atoms with E-state index in [2.05, 4.69) is 36.5 Å². The molecule has 1 aliphatic heterocycles. The minimum atomic E-state index is 0.0766. The Bertz CT molecular complexity index is 816. The molecule has 2 aromatic rings. The number of nitrogen functional groups attached to an aromatic ring is 1. The first-order chi connectivity index (χ1) is 11.6. The van der Waals surface area contributed by atoms with E-state index in [9.17, 15) is 4.79 Å². The molecular weight excluding hydrogens is 374 g/mol. The third-order valence-corrected chi connectivity index (χ3v) is 4.30. The zero-order valence-electron chi connectivity index (χ0n) is 13.2. The number of carbonyl (C=O) groups excluding carboxylic acids is 1. The van der Waals surface area contributed by atoms with Gasteiger partial charge in [-0.25, -0.2) is 9.66 Å². The molecule has 1 fully saturated rings. The third kappa shape index (κ3) is 3.26. The van der Waals surface area contributed by atoms with Gasteiger partial charge in [0.25, 0.3) is 0 Å². The van der Waals surface area contributed by atoms with Crippen LogP contribution in [0.4, 0.5) is 17.2 Å². The van der Waals surface area contributed by atoms with Crippen LogP contribution in [0.25, 0.3) is 0 Å². The van der Waals surface area contributed by atoms with Gasteiger partial charge in [-0.15, -0.1) is 0 Å². The summed E-state index contributed by atoms with van der Waals surface area (Å²) in [6.07, 6.45) is 1.60. The normalized spacial score (nSPS) is 15.7. The molecule has 0 unspecified atom stereocenters. The smallest absolute Gasteiger partial charge is 0.240 e. The lowest BCUT2D eigenvalue weighted by Gasteiger charge is -2.27. The Morgan fingerprint density at radius 3 is 2.79 bits per heavy atom. The van der Waals surface area contributed by atoms with Crippen molar-refractivity contribution in [1.29, 1.82) is 0 Å². The molecule has 0 saturated carbocycles. The first-order valence-corrected chi connectivity index (χ1v) is 8.23. The molecule has 126 valence electrons. The first kappa shape index (κ1) is 16.5. The van der Waals surface area contributed by atoms with Gasteiger partial charge >= 0.3 is 0 Å². The molecule has 0 bridgehead atoms. The van der Waals surface area contributed by atoms with Gasteiger partial charge in [0, 0.05) is 31.5 Å². The molecule has 0 aliphatic carbocycles. The lowest BCUT2D eigenvalue weighted by Crippen LogP contribution is -2.48. The van der Waals surface area contributed by atoms with Crippen LogP contribution >= 0.6 is 15.9 Å². The second-order valence-electron chi connectivity index (χ2n) is 5.24. The number of nitrogens with two attached hydrogens (primary N) is 1. The Morgan fingerprint density at radius 2 is 2.12 bits per heavy atom. The Balaban J connectivity index is 1.83. The molecule has 9 heteroatoms. The van der Waals surface area contributed by atoms with Crippen molar-refractivity contribution in [2.24, 2.45) is 4.99 Å². The average molecular weight is 392 g/mol. The molecule has 1 aromatic heterocycles. The van der Waals surface area contributed by atoms with Gasteiger partial charge in [0.2, 0.25) is 5.91 Å². The fourth-order valence-electron chi connectivity index (χ4n) is 2.50. The highest BCUT2D eigenvalue weighted by molar-refractivity contribution is 9.10. The Hall–Kier alpha value is -2.39. The van der Waals surface area contributed by atoms with E-state index in [4.69, 9.17) is 5.84 Å². The predicted molar refractivity (Wildman–Crippen MR) is 96.5 cm³/mol. The molecule has 8 nitrogen and oxygen atoms in total. The zero-order chi connectivity index (χ0) is 17.1. The van der Waals surface area contributed by atoms with E-state index in [0.29, 0.717) is 29.0 Å². The minimum absolute atomic E-state index is 0.0766. The summed E-state index contributed by atoms with van der Waals surface area (Å²) in [6, 6.07) is 7.61. The lowest BCUT2D eigenvalue weighted by atomic mass is 10.2. The maximum absolute atomic E-state index is 11.9. The first-order valence-electron chi connectivity index (χ1n) is 7.44. The summed E-state index contributed by atoms with van der Waals surface area (Å²) in [6.45, 7) is 1.85. The fourth-order valence-corrected chi connectivity index (χ4v) is 2.77. The molecule has 3 rings (SSSR count). The van der Waals surface area contributed by atoms with Gasteiger partial charge in [-0.05, 0) is 40.2 Å². The number of aromatic nitrogens is 2. The monoisotopic (exact) mass is 391 g/mol. The average Bonchev–Trinajstić information content (AvgIpc) is 2.60. The maximum Gasteiger partial charge on any atom is 0.240 e. The van der Waals surface area contributed by atoms with E-state index in [-0.39, 0.29) is 5.91 Å². The van der Waals surface area contributed by atoms with Crippen LogP contribution in [0.1, 0.15) is 0 Å². The van der Waals surface area contributed by atoms with Crippen LogP contribution < -0.4 is 26.9 Å². The summed E-state index contributed by atoms with van der Waals surface area (Å²) in [5.41, 5.74) is 2.23. The van der Waals surface area contributed by atoms with Crippen molar-refractivity contribution in [1.82, 2.24) is 15.0 Å². The number of halogens is 1. The number of nitrogens with zero attached hydrogens (tertiary/aromatic N) is 4. The number of amides is 1. The molecular formula is C15H18BrN7O. The van der Waals surface area contributed by atoms with Gasteiger partial charge in [0.1, 0.15) is 4.60 Å². The highest BCUT2D eigenvalue weighted by atomic mass is 79.9. The van der Waals surface area contributed by atoms with Crippen LogP contribution in [0, 0.1) is 0 Å². The second kappa shape index (κ2) is 7.02. The Labute approximate surface area is 147 Å². The molecule has 1 aromatic carbocycles. The SMILES string of the molecule is CN=c1c(Nc2ccc(N3CCNCC3=O)cc2)ncc(Br)n1N. The van der Waals surface area contributed by atoms with E-state index in [1.54, 1.807) is 18.1 Å². The van der Waals surface area contributed by atoms with E-state index >= 15 is 0 Å². The van der Waals surface area contributed by atoms with Crippen molar-refractivity contribution < 1.29 is 4.79 Å². The lowest BCUT2D eigenvalue weighted by molar-refractivity contribution is -0.118. The van der Waals surface area contributed by atoms with Crippen molar-refractivity contribution in [2.45, 2.75) is 0 Å². The molecule has 1 saturated heterocycles. The quantitative estimate of drug-likeness (QED) is 0.664. The zero-order valence-corrected chi connectivity index (χ0v) is 14.7. The van der Waals surface area contributed by atoms with Crippen LogP contribution in [0.5, 0.6) is 0 Å². The number of benzene rings is 1. The number of rotatable bonds is 3. The number of anilines is 3.